The first kappa shape index (κ1) is 27.8. The lowest BCUT2D eigenvalue weighted by atomic mass is 9.90. The first-order chi connectivity index (χ1) is 17.9. The fourth-order valence-corrected chi connectivity index (χ4v) is 5.93. The van der Waals surface area contributed by atoms with Crippen molar-refractivity contribution in [2.24, 2.45) is 5.92 Å². The number of nitriles is 1. The zero-order chi connectivity index (χ0) is 26.0. The van der Waals surface area contributed by atoms with E-state index in [1.165, 1.54) is 11.3 Å². The summed E-state index contributed by atoms with van der Waals surface area (Å²) in [6, 6.07) is 6.22. The molecule has 11 heteroatoms. The number of fused-ring (bicyclic) bond motifs is 1. The predicted molar refractivity (Wildman–Crippen MR) is 151 cm³/mol. The zero-order valence-corrected chi connectivity index (χ0v) is 23.4. The fourth-order valence-electron chi connectivity index (χ4n) is 5.14. The highest BCUT2D eigenvalue weighted by atomic mass is 35.5. The fraction of sp³-hybridized carbons (Fsp3) is 0.444. The van der Waals surface area contributed by atoms with E-state index >= 15 is 0 Å². The van der Waals surface area contributed by atoms with Gasteiger partial charge in [0.25, 0.3) is 5.91 Å². The lowest BCUT2D eigenvalue weighted by Crippen LogP contribution is -2.40. The van der Waals surface area contributed by atoms with E-state index in [2.05, 4.69) is 50.6 Å². The topological polar surface area (TPSA) is 116 Å². The average molecular weight is 554 g/mol. The van der Waals surface area contributed by atoms with Crippen LogP contribution in [0.3, 0.4) is 0 Å². The number of hydrogen-bond acceptors (Lipinski definition) is 9. The maximum atomic E-state index is 13.4. The van der Waals surface area contributed by atoms with Crippen molar-refractivity contribution in [1.82, 2.24) is 20.5 Å². The van der Waals surface area contributed by atoms with Crippen molar-refractivity contribution in [3.8, 4) is 22.4 Å². The molecule has 1 aromatic carbocycles. The third-order valence-electron chi connectivity index (χ3n) is 6.96. The van der Waals surface area contributed by atoms with E-state index in [0.717, 1.165) is 62.1 Å². The summed E-state index contributed by atoms with van der Waals surface area (Å²) in [6.07, 6.45) is 6.98. The van der Waals surface area contributed by atoms with Crippen molar-refractivity contribution in [2.75, 3.05) is 36.9 Å². The Balaban J connectivity index is 0.00000336. The summed E-state index contributed by atoms with van der Waals surface area (Å²) in [4.78, 5) is 20.2. The van der Waals surface area contributed by atoms with Crippen molar-refractivity contribution >= 4 is 41.0 Å². The summed E-state index contributed by atoms with van der Waals surface area (Å²) >= 11 is 1.38. The lowest BCUT2D eigenvalue weighted by Gasteiger charge is -2.39. The Morgan fingerprint density at radius 3 is 2.95 bits per heavy atom. The number of amides is 1. The third kappa shape index (κ3) is 5.75. The molecule has 0 saturated carbocycles. The van der Waals surface area contributed by atoms with Crippen molar-refractivity contribution in [3.05, 3.63) is 46.7 Å². The molecule has 1 saturated heterocycles. The SMILES string of the molecule is CNCC1CCCN(c2c(NC(=O)c3csc(-c4ccnnc4)n3)cc3c(c2C#N)OC(C)(C)CC3)C1.Cl. The van der Waals surface area contributed by atoms with Crippen molar-refractivity contribution in [2.45, 2.75) is 45.1 Å². The number of rotatable bonds is 6. The standard InChI is InChI=1S/C27H31N7O2S.ClH/c1-27(2)8-6-18-11-21(32-25(35)22-16-37-26(33-22)19-7-9-30-31-14-19)23(20(12-28)24(18)36-27)34-10-4-5-17(15-34)13-29-3;/h7,9,11,14,16-17,29H,4-6,8,10,13,15H2,1-3H3,(H,32,35);1H. The highest BCUT2D eigenvalue weighted by Gasteiger charge is 2.34. The van der Waals surface area contributed by atoms with E-state index in [1.54, 1.807) is 17.8 Å². The second kappa shape index (κ2) is 11.6. The Hall–Kier alpha value is -3.26. The highest BCUT2D eigenvalue weighted by Crippen LogP contribution is 2.45. The molecule has 9 nitrogen and oxygen atoms in total. The molecule has 0 bridgehead atoms. The molecule has 2 aliphatic heterocycles. The Labute approximate surface area is 233 Å². The maximum absolute atomic E-state index is 13.4. The summed E-state index contributed by atoms with van der Waals surface area (Å²) in [7, 11) is 1.96. The Kier molecular flexibility index (Phi) is 8.51. The van der Waals surface area contributed by atoms with E-state index in [4.69, 9.17) is 4.74 Å². The number of hydrogen-bond donors (Lipinski definition) is 2. The van der Waals surface area contributed by atoms with Crippen molar-refractivity contribution < 1.29 is 9.53 Å². The monoisotopic (exact) mass is 553 g/mol. The van der Waals surface area contributed by atoms with E-state index in [9.17, 15) is 10.1 Å². The maximum Gasteiger partial charge on any atom is 0.275 e. The minimum absolute atomic E-state index is 0. The smallest absolute Gasteiger partial charge is 0.275 e. The van der Waals surface area contributed by atoms with Crippen molar-refractivity contribution in [3.63, 3.8) is 0 Å². The molecule has 1 atom stereocenters. The second-order valence-electron chi connectivity index (χ2n) is 10.2. The largest absolute Gasteiger partial charge is 0.486 e. The first-order valence-corrected chi connectivity index (χ1v) is 13.5. The molecule has 5 rings (SSSR count). The second-order valence-corrected chi connectivity index (χ2v) is 11.1. The number of thiazole rings is 1. The van der Waals surface area contributed by atoms with E-state index in [-0.39, 0.29) is 23.9 Å². The number of aromatic nitrogens is 3. The summed E-state index contributed by atoms with van der Waals surface area (Å²) < 4.78 is 6.35. The zero-order valence-electron chi connectivity index (χ0n) is 21.8. The number of aryl methyl sites for hydroxylation is 1. The number of carbonyl (C=O) groups is 1. The predicted octanol–water partition coefficient (Wildman–Crippen LogP) is 4.69. The van der Waals surface area contributed by atoms with Crippen LogP contribution in [0.2, 0.25) is 0 Å². The van der Waals surface area contributed by atoms with Crippen LogP contribution in [-0.2, 0) is 6.42 Å². The number of ether oxygens (including phenoxy) is 1. The summed E-state index contributed by atoms with van der Waals surface area (Å²) in [5.74, 6) is 0.788. The molecule has 3 aromatic rings. The van der Waals surface area contributed by atoms with E-state index in [0.29, 0.717) is 33.6 Å². The van der Waals surface area contributed by atoms with Gasteiger partial charge in [0.1, 0.15) is 33.7 Å². The molecule has 2 N–H and O–H groups in total. The van der Waals surface area contributed by atoms with Crippen molar-refractivity contribution in [1.29, 1.82) is 5.26 Å². The summed E-state index contributed by atoms with van der Waals surface area (Å²) in [5.41, 5.74) is 3.59. The molecule has 1 unspecified atom stereocenters. The number of piperidine rings is 1. The summed E-state index contributed by atoms with van der Waals surface area (Å²) in [6.45, 7) is 6.62. The van der Waals surface area contributed by atoms with Gasteiger partial charge in [-0.15, -0.1) is 23.7 Å². The van der Waals surface area contributed by atoms with Crippen LogP contribution >= 0.6 is 23.7 Å². The quantitative estimate of drug-likeness (QED) is 0.452. The van der Waals surface area contributed by atoms with Gasteiger partial charge in [0, 0.05) is 24.0 Å². The molecular formula is C27H32ClN7O2S. The molecule has 200 valence electrons. The average Bonchev–Trinajstić information content (AvgIpc) is 3.39. The van der Waals surface area contributed by atoms with Crippen LogP contribution in [0.15, 0.2) is 29.9 Å². The molecule has 2 aliphatic rings. The molecule has 38 heavy (non-hydrogen) atoms. The number of benzene rings is 1. The minimum Gasteiger partial charge on any atom is -0.486 e. The lowest BCUT2D eigenvalue weighted by molar-refractivity contribution is 0.0843. The molecule has 0 spiro atoms. The van der Waals surface area contributed by atoms with Gasteiger partial charge in [-0.1, -0.05) is 0 Å². The number of carbonyl (C=O) groups excluding carboxylic acids is 1. The molecule has 0 aliphatic carbocycles. The van der Waals surface area contributed by atoms with Crippen LogP contribution in [0.25, 0.3) is 10.6 Å². The molecule has 1 fully saturated rings. The Morgan fingerprint density at radius 2 is 2.21 bits per heavy atom. The van der Waals surface area contributed by atoms with Crippen LogP contribution in [0.4, 0.5) is 11.4 Å². The van der Waals surface area contributed by atoms with Gasteiger partial charge in [-0.2, -0.15) is 15.5 Å². The molecule has 4 heterocycles. The summed E-state index contributed by atoms with van der Waals surface area (Å²) in [5, 5.41) is 26.9. The van der Waals surface area contributed by atoms with Crippen LogP contribution < -0.4 is 20.3 Å². The van der Waals surface area contributed by atoms with Crippen LogP contribution in [-0.4, -0.2) is 53.4 Å². The van der Waals surface area contributed by atoms with Gasteiger partial charge in [-0.05, 0) is 76.7 Å². The molecule has 2 aromatic heterocycles. The van der Waals surface area contributed by atoms with Gasteiger partial charge in [0.2, 0.25) is 0 Å². The highest BCUT2D eigenvalue weighted by molar-refractivity contribution is 7.13. The third-order valence-corrected chi connectivity index (χ3v) is 7.85. The van der Waals surface area contributed by atoms with Gasteiger partial charge < -0.3 is 20.3 Å². The normalized spacial score (nSPS) is 17.9. The molecule has 1 amide bonds. The van der Waals surface area contributed by atoms with Gasteiger partial charge in [-0.25, -0.2) is 4.98 Å². The van der Waals surface area contributed by atoms with Crippen LogP contribution in [0.1, 0.15) is 54.7 Å². The molecule has 0 radical (unpaired) electrons. The number of anilines is 2. The van der Waals surface area contributed by atoms with Gasteiger partial charge in [0.05, 0.1) is 23.8 Å². The number of halogens is 1. The van der Waals surface area contributed by atoms with E-state index in [1.807, 2.05) is 19.2 Å². The minimum atomic E-state index is -0.351. The van der Waals surface area contributed by atoms with Gasteiger partial charge >= 0.3 is 0 Å². The first-order valence-electron chi connectivity index (χ1n) is 12.6. The van der Waals surface area contributed by atoms with Gasteiger partial charge in [0.15, 0.2) is 0 Å². The number of nitrogens with one attached hydrogen (secondary N) is 2. The van der Waals surface area contributed by atoms with Crippen LogP contribution in [0, 0.1) is 17.2 Å². The van der Waals surface area contributed by atoms with E-state index < -0.39 is 0 Å². The molecular weight excluding hydrogens is 522 g/mol. The van der Waals surface area contributed by atoms with Gasteiger partial charge in [-0.3, -0.25) is 4.79 Å². The van der Waals surface area contributed by atoms with Crippen LogP contribution in [0.5, 0.6) is 5.75 Å². The number of nitrogens with zero attached hydrogens (tertiary/aromatic N) is 5. The Morgan fingerprint density at radius 1 is 1.37 bits per heavy atom. The Bertz CT molecular complexity index is 1340.